The fraction of sp³-hybridized carbons (Fsp3) is 0.227. The summed E-state index contributed by atoms with van der Waals surface area (Å²) in [5.74, 6) is 0.253. The maximum Gasteiger partial charge on any atom is 0.223 e. The molecule has 5 heteroatoms. The van der Waals surface area contributed by atoms with Crippen LogP contribution in [-0.2, 0) is 19.6 Å². The summed E-state index contributed by atoms with van der Waals surface area (Å²) in [6.07, 6.45) is 1.27. The van der Waals surface area contributed by atoms with E-state index in [4.69, 9.17) is 10.5 Å². The Balaban J connectivity index is 1.82. The number of aromatic nitrogens is 1. The van der Waals surface area contributed by atoms with Crippen molar-refractivity contribution < 1.29 is 9.84 Å². The van der Waals surface area contributed by atoms with E-state index in [9.17, 15) is 9.90 Å². The lowest BCUT2D eigenvalue weighted by Gasteiger charge is -2.19. The van der Waals surface area contributed by atoms with Crippen molar-refractivity contribution in [3.63, 3.8) is 0 Å². The molecule has 0 amide bonds. The van der Waals surface area contributed by atoms with Crippen LogP contribution in [0, 0.1) is 0 Å². The molecule has 3 N–H and O–H groups in total. The van der Waals surface area contributed by atoms with Crippen molar-refractivity contribution in [1.82, 2.24) is 4.57 Å². The van der Waals surface area contributed by atoms with Gasteiger partial charge in [-0.3, -0.25) is 4.79 Å². The molecule has 1 unspecified atom stereocenters. The van der Waals surface area contributed by atoms with Gasteiger partial charge in [0.05, 0.1) is 18.0 Å². The highest BCUT2D eigenvalue weighted by Crippen LogP contribution is 2.19. The number of hydrogen-bond donors (Lipinski definition) is 2. The molecule has 3 rings (SSSR count). The molecule has 0 aliphatic rings. The monoisotopic (exact) mass is 364 g/mol. The number of nitrogens with zero attached hydrogens (tertiary/aromatic N) is 1. The van der Waals surface area contributed by atoms with Gasteiger partial charge in [-0.2, -0.15) is 0 Å². The van der Waals surface area contributed by atoms with Gasteiger partial charge in [0.1, 0.15) is 6.61 Å². The van der Waals surface area contributed by atoms with Gasteiger partial charge in [-0.25, -0.2) is 0 Å². The molecule has 0 aliphatic carbocycles. The lowest BCUT2D eigenvalue weighted by atomic mass is 10.0. The molecular weight excluding hydrogens is 340 g/mol. The number of aliphatic hydroxyl groups is 1. The van der Waals surface area contributed by atoms with E-state index < -0.39 is 6.10 Å². The second-order valence-electron chi connectivity index (χ2n) is 6.39. The van der Waals surface area contributed by atoms with Gasteiger partial charge in [0.25, 0.3) is 0 Å². The molecule has 0 fully saturated rings. The van der Waals surface area contributed by atoms with E-state index in [-0.39, 0.29) is 11.2 Å². The van der Waals surface area contributed by atoms with E-state index in [1.54, 1.807) is 10.8 Å². The second kappa shape index (κ2) is 9.16. The molecule has 3 aromatic rings. The third kappa shape index (κ3) is 5.06. The Morgan fingerprint density at radius 1 is 1.00 bits per heavy atom. The average Bonchev–Trinajstić information content (AvgIpc) is 2.69. The number of ether oxygens (including phenoxy) is 1. The van der Waals surface area contributed by atoms with Gasteiger partial charge in [-0.15, -0.1) is 0 Å². The third-order valence-corrected chi connectivity index (χ3v) is 4.35. The Kier molecular flexibility index (Phi) is 6.41. The van der Waals surface area contributed by atoms with Gasteiger partial charge in [0.15, 0.2) is 5.75 Å². The lowest BCUT2D eigenvalue weighted by Crippen LogP contribution is -2.21. The minimum atomic E-state index is -0.796. The SMILES string of the molecule is NCCn1cc(OCc2ccccc2)c(=O)cc1C(O)Cc1ccccc1. The summed E-state index contributed by atoms with van der Waals surface area (Å²) >= 11 is 0. The Bertz CT molecular complexity index is 908. The minimum absolute atomic E-state index is 0.249. The number of benzene rings is 2. The lowest BCUT2D eigenvalue weighted by molar-refractivity contribution is 0.167. The van der Waals surface area contributed by atoms with Crippen LogP contribution >= 0.6 is 0 Å². The van der Waals surface area contributed by atoms with Crippen LogP contribution in [-0.4, -0.2) is 16.2 Å². The highest BCUT2D eigenvalue weighted by Gasteiger charge is 2.16. The van der Waals surface area contributed by atoms with Crippen molar-refractivity contribution in [3.8, 4) is 5.75 Å². The summed E-state index contributed by atoms with van der Waals surface area (Å²) < 4.78 is 7.51. The molecule has 0 saturated heterocycles. The van der Waals surface area contributed by atoms with Crippen LogP contribution < -0.4 is 15.9 Å². The van der Waals surface area contributed by atoms with Crippen LogP contribution in [0.2, 0.25) is 0 Å². The zero-order valence-corrected chi connectivity index (χ0v) is 15.1. The van der Waals surface area contributed by atoms with E-state index in [1.807, 2.05) is 60.7 Å². The number of aliphatic hydroxyl groups excluding tert-OH is 1. The summed E-state index contributed by atoms with van der Waals surface area (Å²) in [6, 6.07) is 20.8. The Hall–Kier alpha value is -2.89. The molecule has 2 aromatic carbocycles. The molecule has 1 heterocycles. The quantitative estimate of drug-likeness (QED) is 0.644. The number of hydrogen-bond acceptors (Lipinski definition) is 4. The van der Waals surface area contributed by atoms with Crippen LogP contribution in [0.4, 0.5) is 0 Å². The van der Waals surface area contributed by atoms with Crippen molar-refractivity contribution in [2.24, 2.45) is 5.73 Å². The Morgan fingerprint density at radius 3 is 2.26 bits per heavy atom. The van der Waals surface area contributed by atoms with E-state index in [0.717, 1.165) is 11.1 Å². The summed E-state index contributed by atoms with van der Waals surface area (Å²) in [5, 5.41) is 10.7. The Morgan fingerprint density at radius 2 is 1.63 bits per heavy atom. The molecule has 0 spiro atoms. The van der Waals surface area contributed by atoms with E-state index in [2.05, 4.69) is 0 Å². The standard InChI is InChI=1S/C22H24N2O3/c23-11-12-24-15-22(27-16-18-9-5-2-6-10-18)21(26)14-19(24)20(25)13-17-7-3-1-4-8-17/h1-10,14-15,20,25H,11-13,16,23H2. The van der Waals surface area contributed by atoms with E-state index in [1.165, 1.54) is 6.07 Å². The first-order valence-corrected chi connectivity index (χ1v) is 9.00. The summed E-state index contributed by atoms with van der Waals surface area (Å²) in [7, 11) is 0. The normalized spacial score (nSPS) is 11.9. The first kappa shape index (κ1) is 18.9. The fourth-order valence-corrected chi connectivity index (χ4v) is 2.97. The smallest absolute Gasteiger partial charge is 0.223 e. The summed E-state index contributed by atoms with van der Waals surface area (Å²) in [5.41, 5.74) is 7.99. The average molecular weight is 364 g/mol. The zero-order chi connectivity index (χ0) is 19.1. The Labute approximate surface area is 158 Å². The molecule has 0 saturated carbocycles. The summed E-state index contributed by atoms with van der Waals surface area (Å²) in [6.45, 7) is 1.19. The summed E-state index contributed by atoms with van der Waals surface area (Å²) in [4.78, 5) is 12.5. The van der Waals surface area contributed by atoms with E-state index in [0.29, 0.717) is 31.8 Å². The van der Waals surface area contributed by atoms with Gasteiger partial charge >= 0.3 is 0 Å². The molecule has 0 bridgehead atoms. The third-order valence-electron chi connectivity index (χ3n) is 4.35. The van der Waals surface area contributed by atoms with Gasteiger partial charge in [-0.05, 0) is 11.1 Å². The predicted molar refractivity (Wildman–Crippen MR) is 106 cm³/mol. The van der Waals surface area contributed by atoms with Crippen molar-refractivity contribution in [3.05, 3.63) is 100.0 Å². The van der Waals surface area contributed by atoms with Gasteiger partial charge < -0.3 is 20.1 Å². The highest BCUT2D eigenvalue weighted by molar-refractivity contribution is 5.26. The molecule has 1 aromatic heterocycles. The molecule has 0 aliphatic heterocycles. The molecule has 0 radical (unpaired) electrons. The zero-order valence-electron chi connectivity index (χ0n) is 15.1. The molecule has 27 heavy (non-hydrogen) atoms. The molecule has 1 atom stereocenters. The topological polar surface area (TPSA) is 77.5 Å². The van der Waals surface area contributed by atoms with E-state index >= 15 is 0 Å². The van der Waals surface area contributed by atoms with Crippen LogP contribution in [0.1, 0.15) is 22.9 Å². The number of rotatable bonds is 8. The van der Waals surface area contributed by atoms with Crippen molar-refractivity contribution in [2.45, 2.75) is 25.7 Å². The van der Waals surface area contributed by atoms with Gasteiger partial charge in [0, 0.05) is 25.6 Å². The molecule has 140 valence electrons. The minimum Gasteiger partial charge on any atom is -0.483 e. The van der Waals surface area contributed by atoms with Crippen LogP contribution in [0.5, 0.6) is 5.75 Å². The van der Waals surface area contributed by atoms with Gasteiger partial charge in [-0.1, -0.05) is 60.7 Å². The first-order valence-electron chi connectivity index (χ1n) is 9.00. The number of pyridine rings is 1. The second-order valence-corrected chi connectivity index (χ2v) is 6.39. The molecule has 5 nitrogen and oxygen atoms in total. The fourth-order valence-electron chi connectivity index (χ4n) is 2.97. The van der Waals surface area contributed by atoms with Crippen molar-refractivity contribution in [2.75, 3.05) is 6.54 Å². The first-order chi connectivity index (χ1) is 13.2. The van der Waals surface area contributed by atoms with Gasteiger partial charge in [0.2, 0.25) is 5.43 Å². The highest BCUT2D eigenvalue weighted by atomic mass is 16.5. The maximum atomic E-state index is 12.5. The van der Waals surface area contributed by atoms with Crippen LogP contribution in [0.3, 0.4) is 0 Å². The maximum absolute atomic E-state index is 12.5. The van der Waals surface area contributed by atoms with Crippen LogP contribution in [0.25, 0.3) is 0 Å². The molecular formula is C22H24N2O3. The number of nitrogens with two attached hydrogens (primary N) is 1. The largest absolute Gasteiger partial charge is 0.483 e. The van der Waals surface area contributed by atoms with Crippen LogP contribution in [0.15, 0.2) is 77.7 Å². The van der Waals surface area contributed by atoms with Crippen molar-refractivity contribution >= 4 is 0 Å². The predicted octanol–water partition coefficient (Wildman–Crippen LogP) is 2.66. The van der Waals surface area contributed by atoms with Crippen molar-refractivity contribution in [1.29, 1.82) is 0 Å².